The Morgan fingerprint density at radius 3 is 2.46 bits per heavy atom. The van der Waals surface area contributed by atoms with Crippen LogP contribution in [0.2, 0.25) is 0 Å². The van der Waals surface area contributed by atoms with Gasteiger partial charge in [-0.3, -0.25) is 0 Å². The Balaban J connectivity index is 3.36. The van der Waals surface area contributed by atoms with E-state index < -0.39 is 10.0 Å². The second-order valence-electron chi connectivity index (χ2n) is 2.55. The number of nitrogens with two attached hydrogens (primary N) is 2. The van der Waals surface area contributed by atoms with Crippen molar-refractivity contribution in [1.82, 2.24) is 0 Å². The molecule has 6 heteroatoms. The van der Waals surface area contributed by atoms with Crippen molar-refractivity contribution in [3.8, 4) is 5.75 Å². The van der Waals surface area contributed by atoms with E-state index in [1.807, 2.05) is 0 Å². The molecule has 0 bridgehead atoms. The molecule has 0 spiro atoms. The van der Waals surface area contributed by atoms with Crippen molar-refractivity contribution < 1.29 is 13.5 Å². The summed E-state index contributed by atoms with van der Waals surface area (Å²) in [5.41, 5.74) is 5.89. The molecule has 5 N–H and O–H groups in total. The molecule has 5 nitrogen and oxygen atoms in total. The number of aromatic hydroxyl groups is 1. The number of phenols is 1. The van der Waals surface area contributed by atoms with Crippen LogP contribution in [0.4, 0.5) is 0 Å². The zero-order valence-electron chi connectivity index (χ0n) is 6.77. The highest BCUT2D eigenvalue weighted by molar-refractivity contribution is 7.89. The maximum Gasteiger partial charge on any atom is 0.241 e. The molecule has 0 aliphatic rings. The van der Waals surface area contributed by atoms with Crippen molar-refractivity contribution in [3.63, 3.8) is 0 Å². The first kappa shape index (κ1) is 9.97. The van der Waals surface area contributed by atoms with Gasteiger partial charge in [-0.05, 0) is 17.7 Å². The van der Waals surface area contributed by atoms with E-state index in [1.165, 1.54) is 18.2 Å². The molecule has 1 aromatic carbocycles. The van der Waals surface area contributed by atoms with E-state index in [4.69, 9.17) is 16.0 Å². The standard InChI is InChI=1S/C7H10N2O3S/c8-4-5-1-2-6(10)7(3-5)13(9,11)12/h1-3,10H,4,8H2,(H2,9,11,12). The number of phenolic OH excluding ortho intramolecular Hbond substituents is 1. The van der Waals surface area contributed by atoms with Gasteiger partial charge < -0.3 is 10.8 Å². The van der Waals surface area contributed by atoms with Crippen LogP contribution in [0.1, 0.15) is 5.56 Å². The molecule has 0 aromatic heterocycles. The molecule has 0 aliphatic heterocycles. The molecule has 0 saturated heterocycles. The fraction of sp³-hybridized carbons (Fsp3) is 0.143. The largest absolute Gasteiger partial charge is 0.507 e. The third kappa shape index (κ3) is 2.18. The molecule has 72 valence electrons. The number of hydrogen-bond donors (Lipinski definition) is 3. The third-order valence-electron chi connectivity index (χ3n) is 1.57. The summed E-state index contributed by atoms with van der Waals surface area (Å²) in [6.45, 7) is 0.197. The quantitative estimate of drug-likeness (QED) is 0.600. The molecule has 0 saturated carbocycles. The average Bonchev–Trinajstić information content (AvgIpc) is 2.03. The summed E-state index contributed by atoms with van der Waals surface area (Å²) < 4.78 is 21.8. The summed E-state index contributed by atoms with van der Waals surface area (Å²) in [7, 11) is -3.87. The van der Waals surface area contributed by atoms with Gasteiger partial charge in [0.25, 0.3) is 0 Å². The Morgan fingerprint density at radius 1 is 1.38 bits per heavy atom. The maximum atomic E-state index is 10.9. The van der Waals surface area contributed by atoms with Crippen molar-refractivity contribution in [1.29, 1.82) is 0 Å². The van der Waals surface area contributed by atoms with Crippen molar-refractivity contribution in [3.05, 3.63) is 23.8 Å². The summed E-state index contributed by atoms with van der Waals surface area (Å²) in [4.78, 5) is -0.296. The van der Waals surface area contributed by atoms with E-state index >= 15 is 0 Å². The van der Waals surface area contributed by atoms with Gasteiger partial charge in [-0.2, -0.15) is 0 Å². The van der Waals surface area contributed by atoms with Gasteiger partial charge in [-0.25, -0.2) is 13.6 Å². The van der Waals surface area contributed by atoms with E-state index in [0.717, 1.165) is 0 Å². The highest BCUT2D eigenvalue weighted by Gasteiger charge is 2.13. The minimum absolute atomic E-state index is 0.197. The molecule has 0 aliphatic carbocycles. The summed E-state index contributed by atoms with van der Waals surface area (Å²) in [6, 6.07) is 4.04. The topological polar surface area (TPSA) is 106 Å². The Kier molecular flexibility index (Phi) is 2.55. The van der Waals surface area contributed by atoms with Crippen LogP contribution in [-0.4, -0.2) is 13.5 Å². The molecule has 1 rings (SSSR count). The molecule has 13 heavy (non-hydrogen) atoms. The Morgan fingerprint density at radius 2 is 2.00 bits per heavy atom. The van der Waals surface area contributed by atoms with Crippen LogP contribution in [0, 0.1) is 0 Å². The zero-order chi connectivity index (χ0) is 10.1. The lowest BCUT2D eigenvalue weighted by molar-refractivity contribution is 0.458. The number of primary sulfonamides is 1. The van der Waals surface area contributed by atoms with Crippen molar-refractivity contribution in [2.45, 2.75) is 11.4 Å². The average molecular weight is 202 g/mol. The number of hydrogen-bond acceptors (Lipinski definition) is 4. The van der Waals surface area contributed by atoms with Gasteiger partial charge in [0, 0.05) is 6.54 Å². The van der Waals surface area contributed by atoms with Crippen LogP contribution in [0.15, 0.2) is 23.1 Å². The smallest absolute Gasteiger partial charge is 0.241 e. The van der Waals surface area contributed by atoms with Gasteiger partial charge in [0.1, 0.15) is 10.6 Å². The summed E-state index contributed by atoms with van der Waals surface area (Å²) >= 11 is 0. The van der Waals surface area contributed by atoms with Crippen LogP contribution in [0.5, 0.6) is 5.75 Å². The van der Waals surface area contributed by atoms with Crippen molar-refractivity contribution >= 4 is 10.0 Å². The number of rotatable bonds is 2. The van der Waals surface area contributed by atoms with Crippen LogP contribution < -0.4 is 10.9 Å². The van der Waals surface area contributed by atoms with Gasteiger partial charge in [-0.1, -0.05) is 6.07 Å². The van der Waals surface area contributed by atoms with E-state index in [2.05, 4.69) is 0 Å². The van der Waals surface area contributed by atoms with E-state index in [1.54, 1.807) is 0 Å². The lowest BCUT2D eigenvalue weighted by Crippen LogP contribution is -2.13. The van der Waals surface area contributed by atoms with Gasteiger partial charge in [0.15, 0.2) is 0 Å². The predicted octanol–water partition coefficient (Wildman–Crippen LogP) is -0.502. The van der Waals surface area contributed by atoms with Gasteiger partial charge in [0.05, 0.1) is 0 Å². The first-order valence-electron chi connectivity index (χ1n) is 3.50. The molecule has 0 amide bonds. The SMILES string of the molecule is NCc1ccc(O)c(S(N)(=O)=O)c1. The van der Waals surface area contributed by atoms with Crippen LogP contribution in [-0.2, 0) is 16.6 Å². The highest BCUT2D eigenvalue weighted by atomic mass is 32.2. The number of sulfonamides is 1. The molecule has 0 atom stereocenters. The normalized spacial score (nSPS) is 11.5. The third-order valence-corrected chi connectivity index (χ3v) is 2.51. The first-order chi connectivity index (χ1) is 5.95. The minimum Gasteiger partial charge on any atom is -0.507 e. The Labute approximate surface area is 76.0 Å². The first-order valence-corrected chi connectivity index (χ1v) is 5.04. The predicted molar refractivity (Wildman–Crippen MR) is 47.4 cm³/mol. The molecular weight excluding hydrogens is 192 g/mol. The van der Waals surface area contributed by atoms with Crippen LogP contribution in [0.3, 0.4) is 0 Å². The Hall–Kier alpha value is -1.11. The van der Waals surface area contributed by atoms with Gasteiger partial charge in [0.2, 0.25) is 10.0 Å². The molecule has 0 fully saturated rings. The van der Waals surface area contributed by atoms with E-state index in [0.29, 0.717) is 5.56 Å². The van der Waals surface area contributed by atoms with Crippen LogP contribution >= 0.6 is 0 Å². The molecular formula is C7H10N2O3S. The summed E-state index contributed by atoms with van der Waals surface area (Å²) in [5, 5.41) is 14.0. The maximum absolute atomic E-state index is 10.9. The molecule has 0 radical (unpaired) electrons. The summed E-state index contributed by atoms with van der Waals surface area (Å²) in [5.74, 6) is -0.361. The van der Waals surface area contributed by atoms with E-state index in [9.17, 15) is 8.42 Å². The summed E-state index contributed by atoms with van der Waals surface area (Å²) in [6.07, 6.45) is 0. The van der Waals surface area contributed by atoms with Crippen LogP contribution in [0.25, 0.3) is 0 Å². The monoisotopic (exact) mass is 202 g/mol. The number of benzene rings is 1. The fourth-order valence-electron chi connectivity index (χ4n) is 0.913. The lowest BCUT2D eigenvalue weighted by Gasteiger charge is -2.03. The fourth-order valence-corrected chi connectivity index (χ4v) is 1.59. The zero-order valence-corrected chi connectivity index (χ0v) is 7.58. The Bertz CT molecular complexity index is 414. The van der Waals surface area contributed by atoms with Crippen molar-refractivity contribution in [2.24, 2.45) is 10.9 Å². The van der Waals surface area contributed by atoms with Gasteiger partial charge in [-0.15, -0.1) is 0 Å². The lowest BCUT2D eigenvalue weighted by atomic mass is 10.2. The molecule has 0 heterocycles. The highest BCUT2D eigenvalue weighted by Crippen LogP contribution is 2.21. The molecule has 0 unspecified atom stereocenters. The second-order valence-corrected chi connectivity index (χ2v) is 4.08. The molecule has 1 aromatic rings. The van der Waals surface area contributed by atoms with Crippen molar-refractivity contribution in [2.75, 3.05) is 0 Å². The van der Waals surface area contributed by atoms with Gasteiger partial charge >= 0.3 is 0 Å². The van der Waals surface area contributed by atoms with E-state index in [-0.39, 0.29) is 17.2 Å². The second kappa shape index (κ2) is 3.33. The minimum atomic E-state index is -3.87.